The average Bonchev–Trinajstić information content (AvgIpc) is 2.64. The van der Waals surface area contributed by atoms with E-state index in [1.165, 1.54) is 67.3 Å². The SMILES string of the molecule is CCCCCCCCCN(Cc1cccc(C)c1C)c1ccccc1. The first kappa shape index (κ1) is 19.6. The summed E-state index contributed by atoms with van der Waals surface area (Å²) in [4.78, 5) is 2.55. The van der Waals surface area contributed by atoms with Gasteiger partial charge in [0, 0.05) is 18.8 Å². The van der Waals surface area contributed by atoms with Crippen molar-refractivity contribution in [2.24, 2.45) is 0 Å². The number of anilines is 1. The molecule has 2 aromatic carbocycles. The topological polar surface area (TPSA) is 3.24 Å². The van der Waals surface area contributed by atoms with Gasteiger partial charge in [0.05, 0.1) is 0 Å². The monoisotopic (exact) mass is 337 g/mol. The molecule has 0 amide bonds. The lowest BCUT2D eigenvalue weighted by molar-refractivity contribution is 0.582. The van der Waals surface area contributed by atoms with Crippen molar-refractivity contribution < 1.29 is 0 Å². The normalized spacial score (nSPS) is 10.8. The summed E-state index contributed by atoms with van der Waals surface area (Å²) in [6, 6.07) is 17.6. The van der Waals surface area contributed by atoms with Crippen LogP contribution in [0.1, 0.15) is 68.6 Å². The summed E-state index contributed by atoms with van der Waals surface area (Å²) in [6.45, 7) is 8.90. The van der Waals surface area contributed by atoms with Crippen molar-refractivity contribution in [2.45, 2.75) is 72.3 Å². The number of nitrogens with zero attached hydrogens (tertiary/aromatic N) is 1. The number of hydrogen-bond acceptors (Lipinski definition) is 1. The fourth-order valence-corrected chi connectivity index (χ4v) is 3.39. The van der Waals surface area contributed by atoms with E-state index in [4.69, 9.17) is 0 Å². The summed E-state index contributed by atoms with van der Waals surface area (Å²) < 4.78 is 0. The Bertz CT molecular complexity index is 603. The second-order valence-corrected chi connectivity index (χ2v) is 7.24. The van der Waals surface area contributed by atoms with Gasteiger partial charge >= 0.3 is 0 Å². The van der Waals surface area contributed by atoms with Gasteiger partial charge in [-0.05, 0) is 49.1 Å². The molecule has 2 aromatic rings. The molecule has 0 aliphatic carbocycles. The minimum Gasteiger partial charge on any atom is -0.367 e. The first-order valence-corrected chi connectivity index (χ1v) is 10.1. The number of para-hydroxylation sites is 1. The zero-order valence-corrected chi connectivity index (χ0v) is 16.4. The summed E-state index contributed by atoms with van der Waals surface area (Å²) in [7, 11) is 0. The van der Waals surface area contributed by atoms with Crippen LogP contribution in [0.15, 0.2) is 48.5 Å². The van der Waals surface area contributed by atoms with E-state index in [1.54, 1.807) is 0 Å². The van der Waals surface area contributed by atoms with Crippen molar-refractivity contribution in [1.29, 1.82) is 0 Å². The highest BCUT2D eigenvalue weighted by Crippen LogP contribution is 2.21. The van der Waals surface area contributed by atoms with Crippen LogP contribution in [-0.4, -0.2) is 6.54 Å². The maximum Gasteiger partial charge on any atom is 0.0432 e. The second-order valence-electron chi connectivity index (χ2n) is 7.24. The van der Waals surface area contributed by atoms with Gasteiger partial charge in [0.1, 0.15) is 0 Å². The highest BCUT2D eigenvalue weighted by Gasteiger charge is 2.09. The van der Waals surface area contributed by atoms with E-state index in [0.717, 1.165) is 13.1 Å². The molecule has 0 aliphatic heterocycles. The molecule has 0 heterocycles. The summed E-state index contributed by atoms with van der Waals surface area (Å²) in [6.07, 6.45) is 9.54. The smallest absolute Gasteiger partial charge is 0.0432 e. The van der Waals surface area contributed by atoms with Crippen LogP contribution in [0.5, 0.6) is 0 Å². The van der Waals surface area contributed by atoms with E-state index < -0.39 is 0 Å². The van der Waals surface area contributed by atoms with E-state index >= 15 is 0 Å². The minimum atomic E-state index is 1.01. The molecule has 0 fully saturated rings. The van der Waals surface area contributed by atoms with E-state index in [0.29, 0.717) is 0 Å². The van der Waals surface area contributed by atoms with Crippen LogP contribution >= 0.6 is 0 Å². The van der Waals surface area contributed by atoms with E-state index in [2.05, 4.69) is 74.2 Å². The Kier molecular flexibility index (Phi) is 8.59. The third-order valence-electron chi connectivity index (χ3n) is 5.23. The van der Waals surface area contributed by atoms with E-state index in [1.807, 2.05) is 0 Å². The molecule has 0 aromatic heterocycles. The minimum absolute atomic E-state index is 1.01. The van der Waals surface area contributed by atoms with Crippen LogP contribution < -0.4 is 4.90 Å². The first-order chi connectivity index (χ1) is 12.2. The molecule has 2 rings (SSSR count). The highest BCUT2D eigenvalue weighted by molar-refractivity contribution is 5.47. The third kappa shape index (κ3) is 6.57. The number of rotatable bonds is 11. The lowest BCUT2D eigenvalue weighted by atomic mass is 10.0. The number of benzene rings is 2. The van der Waals surface area contributed by atoms with Crippen molar-refractivity contribution in [3.05, 3.63) is 65.2 Å². The molecule has 0 spiro atoms. The fourth-order valence-electron chi connectivity index (χ4n) is 3.39. The molecule has 136 valence electrons. The molecular formula is C24H35N. The predicted molar refractivity (Wildman–Crippen MR) is 111 cm³/mol. The van der Waals surface area contributed by atoms with Crippen LogP contribution in [0.4, 0.5) is 5.69 Å². The fraction of sp³-hybridized carbons (Fsp3) is 0.500. The van der Waals surface area contributed by atoms with Crippen molar-refractivity contribution >= 4 is 5.69 Å². The quantitative estimate of drug-likeness (QED) is 0.397. The second kappa shape index (κ2) is 11.0. The van der Waals surface area contributed by atoms with Gasteiger partial charge in [-0.1, -0.05) is 81.8 Å². The van der Waals surface area contributed by atoms with E-state index in [-0.39, 0.29) is 0 Å². The Balaban J connectivity index is 1.94. The summed E-state index contributed by atoms with van der Waals surface area (Å²) >= 11 is 0. The molecule has 0 saturated carbocycles. The van der Waals surface area contributed by atoms with Gasteiger partial charge in [-0.2, -0.15) is 0 Å². The third-order valence-corrected chi connectivity index (χ3v) is 5.23. The standard InChI is InChI=1S/C24H35N/c1-4-5-6-7-8-9-13-19-25(24-17-11-10-12-18-24)20-23-16-14-15-21(2)22(23)3/h10-12,14-18H,4-9,13,19-20H2,1-3H3. The Morgan fingerprint density at radius 3 is 2.12 bits per heavy atom. The van der Waals surface area contributed by atoms with Crippen molar-refractivity contribution in [3.63, 3.8) is 0 Å². The molecule has 0 radical (unpaired) electrons. The van der Waals surface area contributed by atoms with Crippen LogP contribution in [0.3, 0.4) is 0 Å². The predicted octanol–water partition coefficient (Wildman–Crippen LogP) is 7.06. The number of hydrogen-bond donors (Lipinski definition) is 0. The highest BCUT2D eigenvalue weighted by atomic mass is 15.1. The number of aryl methyl sites for hydroxylation is 1. The molecule has 0 aliphatic rings. The van der Waals surface area contributed by atoms with Crippen molar-refractivity contribution in [2.75, 3.05) is 11.4 Å². The Hall–Kier alpha value is -1.76. The molecule has 0 atom stereocenters. The van der Waals surface area contributed by atoms with Gasteiger partial charge in [-0.15, -0.1) is 0 Å². The zero-order valence-electron chi connectivity index (χ0n) is 16.4. The summed E-state index contributed by atoms with van der Waals surface area (Å²) in [5.74, 6) is 0. The largest absolute Gasteiger partial charge is 0.367 e. The molecule has 0 bridgehead atoms. The van der Waals surface area contributed by atoms with Gasteiger partial charge in [0.2, 0.25) is 0 Å². The molecular weight excluding hydrogens is 302 g/mol. The van der Waals surface area contributed by atoms with Crippen molar-refractivity contribution in [1.82, 2.24) is 0 Å². The van der Waals surface area contributed by atoms with Gasteiger partial charge in [0.25, 0.3) is 0 Å². The summed E-state index contributed by atoms with van der Waals surface area (Å²) in [5, 5.41) is 0. The Morgan fingerprint density at radius 2 is 1.40 bits per heavy atom. The van der Waals surface area contributed by atoms with Gasteiger partial charge in [-0.25, -0.2) is 0 Å². The van der Waals surface area contributed by atoms with Crippen LogP contribution in [-0.2, 0) is 6.54 Å². The lowest BCUT2D eigenvalue weighted by Crippen LogP contribution is -2.24. The molecule has 1 nitrogen and oxygen atoms in total. The van der Waals surface area contributed by atoms with Crippen LogP contribution in [0.2, 0.25) is 0 Å². The number of unbranched alkanes of at least 4 members (excludes halogenated alkanes) is 6. The Morgan fingerprint density at radius 1 is 0.720 bits per heavy atom. The zero-order chi connectivity index (χ0) is 17.9. The lowest BCUT2D eigenvalue weighted by Gasteiger charge is -2.26. The van der Waals surface area contributed by atoms with Gasteiger partial charge in [0.15, 0.2) is 0 Å². The maximum absolute atomic E-state index is 2.55. The molecule has 1 heteroatoms. The Labute approximate surface area is 155 Å². The maximum atomic E-state index is 2.55. The van der Waals surface area contributed by atoms with Gasteiger partial charge < -0.3 is 4.90 Å². The molecule has 25 heavy (non-hydrogen) atoms. The first-order valence-electron chi connectivity index (χ1n) is 10.1. The van der Waals surface area contributed by atoms with Gasteiger partial charge in [-0.3, -0.25) is 0 Å². The molecule has 0 N–H and O–H groups in total. The molecule has 0 saturated heterocycles. The van der Waals surface area contributed by atoms with Crippen molar-refractivity contribution in [3.8, 4) is 0 Å². The van der Waals surface area contributed by atoms with Crippen LogP contribution in [0.25, 0.3) is 0 Å². The van der Waals surface area contributed by atoms with E-state index in [9.17, 15) is 0 Å². The molecule has 0 unspecified atom stereocenters. The average molecular weight is 338 g/mol. The summed E-state index contributed by atoms with van der Waals surface area (Å²) in [5.41, 5.74) is 5.62. The van der Waals surface area contributed by atoms with Crippen LogP contribution in [0, 0.1) is 13.8 Å².